The van der Waals surface area contributed by atoms with E-state index in [4.69, 9.17) is 5.11 Å². The van der Waals surface area contributed by atoms with E-state index < -0.39 is 29.7 Å². The Balaban J connectivity index is 2.23. The summed E-state index contributed by atoms with van der Waals surface area (Å²) in [5.41, 5.74) is 0.556. The highest BCUT2D eigenvalue weighted by atomic mass is 32.2. The summed E-state index contributed by atoms with van der Waals surface area (Å²) in [6.45, 7) is 3.45. The first-order valence-electron chi connectivity index (χ1n) is 8.08. The first-order valence-corrected chi connectivity index (χ1v) is 9.58. The lowest BCUT2D eigenvalue weighted by Gasteiger charge is -2.25. The summed E-state index contributed by atoms with van der Waals surface area (Å²) in [6.07, 6.45) is 0.797. The number of carboxylic acid groups (broad SMARTS) is 1. The molecule has 136 valence electrons. The van der Waals surface area contributed by atoms with Crippen LogP contribution in [0.3, 0.4) is 0 Å². The Morgan fingerprint density at radius 3 is 2.76 bits per heavy atom. The van der Waals surface area contributed by atoms with Crippen molar-refractivity contribution in [3.05, 3.63) is 24.3 Å². The Labute approximate surface area is 156 Å². The zero-order valence-electron chi connectivity index (χ0n) is 14.1. The number of amides is 2. The van der Waals surface area contributed by atoms with Gasteiger partial charge in [0.15, 0.2) is 0 Å². The normalized spacial score (nSPS) is 19.6. The van der Waals surface area contributed by atoms with Crippen LogP contribution in [-0.4, -0.2) is 46.5 Å². The van der Waals surface area contributed by atoms with Gasteiger partial charge in [0.25, 0.3) is 5.91 Å². The topological polar surface area (TPSA) is 86.7 Å². The van der Waals surface area contributed by atoms with Gasteiger partial charge in [0.2, 0.25) is 5.91 Å². The molecule has 1 aromatic carbocycles. The number of para-hydroxylation sites is 1. The molecule has 1 aliphatic heterocycles. The monoisotopic (exact) mass is 382 g/mol. The third kappa shape index (κ3) is 4.70. The van der Waals surface area contributed by atoms with Crippen LogP contribution in [0.1, 0.15) is 20.3 Å². The molecule has 0 fully saturated rings. The number of fused-ring (bicyclic) bond motifs is 1. The molecule has 1 heterocycles. The first-order chi connectivity index (χ1) is 11.8. The summed E-state index contributed by atoms with van der Waals surface area (Å²) in [7, 11) is 0. The van der Waals surface area contributed by atoms with Gasteiger partial charge in [-0.25, -0.2) is 0 Å². The van der Waals surface area contributed by atoms with Crippen LogP contribution in [0.4, 0.5) is 5.69 Å². The zero-order valence-corrected chi connectivity index (χ0v) is 15.8. The van der Waals surface area contributed by atoms with E-state index >= 15 is 0 Å². The maximum absolute atomic E-state index is 12.9. The largest absolute Gasteiger partial charge is 0.480 e. The molecule has 0 unspecified atom stereocenters. The molecule has 1 aliphatic rings. The third-order valence-corrected chi connectivity index (χ3v) is 6.09. The number of hydrogen-bond acceptors (Lipinski definition) is 5. The minimum absolute atomic E-state index is 0.0733. The maximum atomic E-state index is 12.9. The van der Waals surface area contributed by atoms with Crippen LogP contribution in [-0.2, 0) is 14.4 Å². The molecule has 0 aliphatic carbocycles. The van der Waals surface area contributed by atoms with Gasteiger partial charge < -0.3 is 10.4 Å². The van der Waals surface area contributed by atoms with Gasteiger partial charge in [-0.2, -0.15) is 12.6 Å². The maximum Gasteiger partial charge on any atom is 0.323 e. The number of carbonyl (C=O) groups is 3. The van der Waals surface area contributed by atoms with Crippen LogP contribution in [0.25, 0.3) is 0 Å². The molecule has 0 saturated carbocycles. The third-order valence-electron chi connectivity index (χ3n) is 4.19. The van der Waals surface area contributed by atoms with Crippen molar-refractivity contribution in [3.8, 4) is 0 Å². The van der Waals surface area contributed by atoms with Crippen molar-refractivity contribution in [2.45, 2.75) is 36.5 Å². The summed E-state index contributed by atoms with van der Waals surface area (Å²) in [5, 5.41) is 11.4. The Bertz CT molecular complexity index is 668. The first kappa shape index (κ1) is 19.7. The molecule has 2 rings (SSSR count). The standard InChI is InChI=1S/C17H22N2O4S2/c1-3-10(2)15(24)16(22)18-11-9-25-13-7-5-4-6-12(13)19(17(11)23)8-14(20)21/h4-7,10-11,15,24H,3,8-9H2,1-2H3,(H,18,22)(H,20,21)/t10-,11-,15-/m0/s1. The molecule has 25 heavy (non-hydrogen) atoms. The average Bonchev–Trinajstić information content (AvgIpc) is 2.72. The summed E-state index contributed by atoms with van der Waals surface area (Å²) < 4.78 is 0. The zero-order chi connectivity index (χ0) is 18.6. The molecule has 0 bridgehead atoms. The predicted molar refractivity (Wildman–Crippen MR) is 101 cm³/mol. The number of hydrogen-bond donors (Lipinski definition) is 3. The SMILES string of the molecule is CC[C@H](C)[C@H](S)C(=O)N[C@H]1CSc2ccccc2N(CC(=O)O)C1=O. The van der Waals surface area contributed by atoms with Gasteiger partial charge in [0.05, 0.1) is 10.9 Å². The van der Waals surface area contributed by atoms with Crippen LogP contribution >= 0.6 is 24.4 Å². The number of rotatable bonds is 6. The fourth-order valence-corrected chi connectivity index (χ4v) is 3.85. The van der Waals surface area contributed by atoms with E-state index in [1.54, 1.807) is 12.1 Å². The number of thioether (sulfide) groups is 1. The summed E-state index contributed by atoms with van der Waals surface area (Å²) in [6, 6.07) is 6.36. The van der Waals surface area contributed by atoms with Crippen LogP contribution in [0.5, 0.6) is 0 Å². The lowest BCUT2D eigenvalue weighted by molar-refractivity contribution is -0.136. The van der Waals surface area contributed by atoms with Gasteiger partial charge in [-0.1, -0.05) is 32.4 Å². The summed E-state index contributed by atoms with van der Waals surface area (Å²) in [5.74, 6) is -1.41. The number of carbonyl (C=O) groups excluding carboxylic acids is 2. The van der Waals surface area contributed by atoms with Crippen molar-refractivity contribution in [1.29, 1.82) is 0 Å². The highest BCUT2D eigenvalue weighted by Gasteiger charge is 2.34. The van der Waals surface area contributed by atoms with E-state index in [9.17, 15) is 14.4 Å². The van der Waals surface area contributed by atoms with Gasteiger partial charge in [0.1, 0.15) is 12.6 Å². The van der Waals surface area contributed by atoms with E-state index in [1.165, 1.54) is 16.7 Å². The Morgan fingerprint density at radius 2 is 2.12 bits per heavy atom. The average molecular weight is 383 g/mol. The highest BCUT2D eigenvalue weighted by molar-refractivity contribution is 7.99. The molecule has 6 nitrogen and oxygen atoms in total. The molecule has 2 N–H and O–H groups in total. The van der Waals surface area contributed by atoms with Crippen LogP contribution in [0.15, 0.2) is 29.2 Å². The molecule has 0 saturated heterocycles. The Kier molecular flexibility index (Phi) is 6.78. The Hall–Kier alpha value is -1.67. The Morgan fingerprint density at radius 1 is 1.44 bits per heavy atom. The minimum Gasteiger partial charge on any atom is -0.480 e. The van der Waals surface area contributed by atoms with Gasteiger partial charge in [-0.05, 0) is 18.1 Å². The number of anilines is 1. The van der Waals surface area contributed by atoms with E-state index in [0.717, 1.165) is 11.3 Å². The van der Waals surface area contributed by atoms with Crippen molar-refractivity contribution < 1.29 is 19.5 Å². The van der Waals surface area contributed by atoms with E-state index in [1.807, 2.05) is 26.0 Å². The molecule has 3 atom stereocenters. The second-order valence-corrected chi connectivity index (χ2v) is 7.61. The van der Waals surface area contributed by atoms with Gasteiger partial charge in [-0.3, -0.25) is 19.3 Å². The number of nitrogens with zero attached hydrogens (tertiary/aromatic N) is 1. The lowest BCUT2D eigenvalue weighted by atomic mass is 10.0. The molecule has 2 amide bonds. The van der Waals surface area contributed by atoms with Crippen molar-refractivity contribution in [3.63, 3.8) is 0 Å². The number of carboxylic acids is 1. The number of benzene rings is 1. The predicted octanol–water partition coefficient (Wildman–Crippen LogP) is 2.04. The number of thiol groups is 1. The van der Waals surface area contributed by atoms with Crippen molar-refractivity contribution in [2.24, 2.45) is 5.92 Å². The van der Waals surface area contributed by atoms with Gasteiger partial charge in [-0.15, -0.1) is 11.8 Å². The molecule has 0 aromatic heterocycles. The van der Waals surface area contributed by atoms with E-state index in [-0.39, 0.29) is 11.8 Å². The minimum atomic E-state index is -1.10. The molecule has 0 radical (unpaired) electrons. The lowest BCUT2D eigenvalue weighted by Crippen LogP contribution is -2.52. The molecule has 8 heteroatoms. The highest BCUT2D eigenvalue weighted by Crippen LogP contribution is 2.34. The molecule has 0 spiro atoms. The summed E-state index contributed by atoms with van der Waals surface area (Å²) in [4.78, 5) is 38.5. The van der Waals surface area contributed by atoms with Crippen LogP contribution < -0.4 is 10.2 Å². The smallest absolute Gasteiger partial charge is 0.323 e. The van der Waals surface area contributed by atoms with Gasteiger partial charge >= 0.3 is 5.97 Å². The van der Waals surface area contributed by atoms with E-state index in [2.05, 4.69) is 17.9 Å². The van der Waals surface area contributed by atoms with Crippen LogP contribution in [0, 0.1) is 5.92 Å². The van der Waals surface area contributed by atoms with Crippen molar-refractivity contribution in [2.75, 3.05) is 17.2 Å². The van der Waals surface area contributed by atoms with Crippen LogP contribution in [0.2, 0.25) is 0 Å². The van der Waals surface area contributed by atoms with Crippen molar-refractivity contribution in [1.82, 2.24) is 5.32 Å². The molecule has 1 aromatic rings. The second kappa shape index (κ2) is 8.62. The molecular formula is C17H22N2O4S2. The fraction of sp³-hybridized carbons (Fsp3) is 0.471. The molecular weight excluding hydrogens is 360 g/mol. The summed E-state index contributed by atoms with van der Waals surface area (Å²) >= 11 is 5.77. The second-order valence-electron chi connectivity index (χ2n) is 5.99. The fourth-order valence-electron chi connectivity index (χ4n) is 2.49. The number of nitrogens with one attached hydrogen (secondary N) is 1. The van der Waals surface area contributed by atoms with Gasteiger partial charge in [0, 0.05) is 10.6 Å². The quantitative estimate of drug-likeness (QED) is 0.656. The van der Waals surface area contributed by atoms with E-state index in [0.29, 0.717) is 11.4 Å². The number of aliphatic carboxylic acids is 1. The van der Waals surface area contributed by atoms with Crippen molar-refractivity contribution >= 4 is 47.9 Å².